The molecule has 0 spiro atoms. The number of H-pyrrole nitrogens is 1. The fourth-order valence-electron chi connectivity index (χ4n) is 2.80. The summed E-state index contributed by atoms with van der Waals surface area (Å²) in [7, 11) is 2.04. The van der Waals surface area contributed by atoms with Crippen LogP contribution in [0.1, 0.15) is 21.6 Å². The highest BCUT2D eigenvalue weighted by Gasteiger charge is 2.21. The molecule has 3 rings (SSSR count). The second kappa shape index (κ2) is 6.57. The summed E-state index contributed by atoms with van der Waals surface area (Å²) in [6.07, 6.45) is 0. The van der Waals surface area contributed by atoms with Gasteiger partial charge in [-0.15, -0.1) is 0 Å². The van der Waals surface area contributed by atoms with Crippen LogP contribution < -0.4 is 5.69 Å². The molecule has 1 N–H and O–H groups in total. The van der Waals surface area contributed by atoms with Crippen molar-refractivity contribution in [2.45, 2.75) is 13.8 Å². The molecule has 0 unspecified atom stereocenters. The number of benzene rings is 1. The van der Waals surface area contributed by atoms with Gasteiger partial charge in [0, 0.05) is 31.7 Å². The van der Waals surface area contributed by atoms with Gasteiger partial charge in [-0.3, -0.25) is 4.79 Å². The molecule has 0 radical (unpaired) electrons. The number of amides is 1. The van der Waals surface area contributed by atoms with Crippen LogP contribution in [0.2, 0.25) is 0 Å². The molecule has 1 aliphatic rings. The molecule has 0 atom stereocenters. The van der Waals surface area contributed by atoms with Crippen molar-refractivity contribution in [1.29, 1.82) is 0 Å². The minimum atomic E-state index is -0.497. The van der Waals surface area contributed by atoms with E-state index in [1.807, 2.05) is 39.1 Å². The van der Waals surface area contributed by atoms with Gasteiger partial charge in [0.05, 0.1) is 5.69 Å². The van der Waals surface area contributed by atoms with Crippen molar-refractivity contribution in [3.05, 3.63) is 51.6 Å². The van der Waals surface area contributed by atoms with Gasteiger partial charge >= 0.3 is 5.69 Å². The number of nitrogens with zero attached hydrogens (tertiary/aromatic N) is 3. The van der Waals surface area contributed by atoms with E-state index >= 15 is 0 Å². The third-order valence-corrected chi connectivity index (χ3v) is 4.57. The Labute approximate surface area is 141 Å². The number of hydrogen-bond donors (Lipinski definition) is 1. The lowest BCUT2D eigenvalue weighted by Crippen LogP contribution is -2.47. The van der Waals surface area contributed by atoms with E-state index in [0.29, 0.717) is 24.5 Å². The van der Waals surface area contributed by atoms with Crippen LogP contribution in [0.5, 0.6) is 0 Å². The molecule has 24 heavy (non-hydrogen) atoms. The lowest BCUT2D eigenvalue weighted by atomic mass is 10.0. The Balaban J connectivity index is 1.92. The number of likely N-dealkylation sites (N-methyl/N-ethyl adjacent to an activating group) is 1. The Bertz CT molecular complexity index is 820. The average Bonchev–Trinajstić information content (AvgIpc) is 2.57. The van der Waals surface area contributed by atoms with Crippen LogP contribution in [0.25, 0.3) is 11.3 Å². The van der Waals surface area contributed by atoms with E-state index in [9.17, 15) is 9.59 Å². The van der Waals surface area contributed by atoms with Gasteiger partial charge in [0.1, 0.15) is 5.69 Å². The minimum absolute atomic E-state index is 0.146. The first-order valence-corrected chi connectivity index (χ1v) is 8.11. The van der Waals surface area contributed by atoms with E-state index in [1.54, 1.807) is 11.0 Å². The zero-order chi connectivity index (χ0) is 17.3. The van der Waals surface area contributed by atoms with Gasteiger partial charge in [0.2, 0.25) is 0 Å². The standard InChI is InChI=1S/C18H22N4O2/c1-12-4-5-14(10-13(12)2)15-11-16(20-18(24)19-15)17(23)22-8-6-21(3)7-9-22/h4-5,10-11H,6-9H2,1-3H3,(H,19,20,24). The molecule has 126 valence electrons. The summed E-state index contributed by atoms with van der Waals surface area (Å²) in [5, 5.41) is 0. The van der Waals surface area contributed by atoms with Crippen molar-refractivity contribution < 1.29 is 4.79 Å². The summed E-state index contributed by atoms with van der Waals surface area (Å²) in [5.74, 6) is -0.146. The molecule has 6 nitrogen and oxygen atoms in total. The summed E-state index contributed by atoms with van der Waals surface area (Å²) in [6.45, 7) is 7.06. The quantitative estimate of drug-likeness (QED) is 0.907. The highest BCUT2D eigenvalue weighted by Crippen LogP contribution is 2.20. The zero-order valence-electron chi connectivity index (χ0n) is 14.3. The fourth-order valence-corrected chi connectivity index (χ4v) is 2.80. The summed E-state index contributed by atoms with van der Waals surface area (Å²) in [6, 6.07) is 7.58. The first-order chi connectivity index (χ1) is 11.4. The van der Waals surface area contributed by atoms with E-state index in [-0.39, 0.29) is 5.91 Å². The molecule has 0 saturated carbocycles. The Morgan fingerprint density at radius 2 is 1.79 bits per heavy atom. The highest BCUT2D eigenvalue weighted by molar-refractivity contribution is 5.93. The van der Waals surface area contributed by atoms with E-state index in [0.717, 1.165) is 24.2 Å². The number of hydrogen-bond acceptors (Lipinski definition) is 4. The van der Waals surface area contributed by atoms with Crippen LogP contribution in [0.4, 0.5) is 0 Å². The van der Waals surface area contributed by atoms with E-state index in [1.165, 1.54) is 5.56 Å². The molecular weight excluding hydrogens is 304 g/mol. The topological polar surface area (TPSA) is 69.3 Å². The smallest absolute Gasteiger partial charge is 0.335 e. The van der Waals surface area contributed by atoms with Crippen LogP contribution in [0.15, 0.2) is 29.1 Å². The highest BCUT2D eigenvalue weighted by atomic mass is 16.2. The van der Waals surface area contributed by atoms with Crippen molar-refractivity contribution in [3.63, 3.8) is 0 Å². The molecule has 1 aromatic carbocycles. The minimum Gasteiger partial charge on any atom is -0.335 e. The van der Waals surface area contributed by atoms with Gasteiger partial charge in [0.15, 0.2) is 0 Å². The van der Waals surface area contributed by atoms with E-state index in [2.05, 4.69) is 14.9 Å². The summed E-state index contributed by atoms with van der Waals surface area (Å²) in [4.78, 5) is 35.2. The van der Waals surface area contributed by atoms with Crippen molar-refractivity contribution in [2.75, 3.05) is 33.2 Å². The van der Waals surface area contributed by atoms with Crippen molar-refractivity contribution in [1.82, 2.24) is 19.8 Å². The Kier molecular flexibility index (Phi) is 4.49. The number of rotatable bonds is 2. The Hall–Kier alpha value is -2.47. The van der Waals surface area contributed by atoms with Crippen LogP contribution in [0, 0.1) is 13.8 Å². The fraction of sp³-hybridized carbons (Fsp3) is 0.389. The SMILES string of the molecule is Cc1ccc(-c2cc(C(=O)N3CCN(C)CC3)[nH]c(=O)n2)cc1C. The van der Waals surface area contributed by atoms with E-state index in [4.69, 9.17) is 0 Å². The average molecular weight is 326 g/mol. The summed E-state index contributed by atoms with van der Waals surface area (Å²) >= 11 is 0. The summed E-state index contributed by atoms with van der Waals surface area (Å²) in [5.41, 5.74) is 3.48. The molecule has 1 aliphatic heterocycles. The number of piperazine rings is 1. The normalized spacial score (nSPS) is 15.5. The predicted molar refractivity (Wildman–Crippen MR) is 93.2 cm³/mol. The monoisotopic (exact) mass is 326 g/mol. The number of carbonyl (C=O) groups is 1. The van der Waals surface area contributed by atoms with Gasteiger partial charge in [-0.05, 0) is 44.2 Å². The van der Waals surface area contributed by atoms with Crippen LogP contribution in [-0.4, -0.2) is 58.9 Å². The number of nitrogens with one attached hydrogen (secondary N) is 1. The van der Waals surface area contributed by atoms with Crippen molar-refractivity contribution in [3.8, 4) is 11.3 Å². The maximum Gasteiger partial charge on any atom is 0.346 e. The van der Waals surface area contributed by atoms with Gasteiger partial charge in [-0.1, -0.05) is 12.1 Å². The molecule has 6 heteroatoms. The van der Waals surface area contributed by atoms with Crippen molar-refractivity contribution in [2.24, 2.45) is 0 Å². The number of carbonyl (C=O) groups excluding carboxylic acids is 1. The van der Waals surface area contributed by atoms with Crippen LogP contribution >= 0.6 is 0 Å². The zero-order valence-corrected chi connectivity index (χ0v) is 14.3. The molecular formula is C18H22N4O2. The third-order valence-electron chi connectivity index (χ3n) is 4.57. The lowest BCUT2D eigenvalue weighted by Gasteiger charge is -2.32. The second-order valence-electron chi connectivity index (χ2n) is 6.38. The molecule has 0 bridgehead atoms. The number of aromatic amines is 1. The maximum absolute atomic E-state index is 12.7. The lowest BCUT2D eigenvalue weighted by molar-refractivity contribution is 0.0657. The molecule has 2 heterocycles. The number of aryl methyl sites for hydroxylation is 2. The van der Waals surface area contributed by atoms with Crippen LogP contribution in [0.3, 0.4) is 0 Å². The molecule has 1 fully saturated rings. The third kappa shape index (κ3) is 3.38. The molecule has 1 saturated heterocycles. The maximum atomic E-state index is 12.7. The Morgan fingerprint density at radius 1 is 1.08 bits per heavy atom. The van der Waals surface area contributed by atoms with E-state index < -0.39 is 5.69 Å². The molecule has 1 aromatic heterocycles. The molecule has 2 aromatic rings. The second-order valence-corrected chi connectivity index (χ2v) is 6.38. The molecule has 0 aliphatic carbocycles. The molecule has 1 amide bonds. The number of aromatic nitrogens is 2. The van der Waals surface area contributed by atoms with Gasteiger partial charge in [0.25, 0.3) is 5.91 Å². The largest absolute Gasteiger partial charge is 0.346 e. The first-order valence-electron chi connectivity index (χ1n) is 8.11. The predicted octanol–water partition coefficient (Wildman–Crippen LogP) is 1.44. The van der Waals surface area contributed by atoms with Gasteiger partial charge < -0.3 is 14.8 Å². The summed E-state index contributed by atoms with van der Waals surface area (Å²) < 4.78 is 0. The first kappa shape index (κ1) is 16.4. The van der Waals surface area contributed by atoms with Gasteiger partial charge in [-0.2, -0.15) is 4.98 Å². The van der Waals surface area contributed by atoms with Crippen molar-refractivity contribution >= 4 is 5.91 Å². The Morgan fingerprint density at radius 3 is 2.46 bits per heavy atom. The van der Waals surface area contributed by atoms with Gasteiger partial charge in [-0.25, -0.2) is 4.79 Å². The van der Waals surface area contributed by atoms with Crippen LogP contribution in [-0.2, 0) is 0 Å².